The molecule has 1 aromatic rings. The van der Waals surface area contributed by atoms with Crippen LogP contribution in [0.25, 0.3) is 0 Å². The first kappa shape index (κ1) is 9.42. The van der Waals surface area contributed by atoms with Gasteiger partial charge in [0.15, 0.2) is 0 Å². The van der Waals surface area contributed by atoms with Crippen molar-refractivity contribution < 1.29 is 5.11 Å². The van der Waals surface area contributed by atoms with Gasteiger partial charge in [0.1, 0.15) is 0 Å². The number of aliphatic hydroxyl groups excluding tert-OH is 1. The third-order valence-corrected chi connectivity index (χ3v) is 2.29. The molecule has 0 saturated heterocycles. The Morgan fingerprint density at radius 2 is 2.00 bits per heavy atom. The second-order valence-corrected chi connectivity index (χ2v) is 3.55. The first-order valence-corrected chi connectivity index (χ1v) is 5.16. The summed E-state index contributed by atoms with van der Waals surface area (Å²) in [7, 11) is 0. The Balaban J connectivity index is 2.68. The highest BCUT2D eigenvalue weighted by Gasteiger charge is 2.04. The SMILES string of the molecule is CSCC(O)c1ccc(N)cc1. The van der Waals surface area contributed by atoms with Crippen LogP contribution in [-0.4, -0.2) is 17.1 Å². The van der Waals surface area contributed by atoms with Gasteiger partial charge >= 0.3 is 0 Å². The van der Waals surface area contributed by atoms with E-state index in [0.29, 0.717) is 0 Å². The summed E-state index contributed by atoms with van der Waals surface area (Å²) in [5, 5.41) is 9.55. The third-order valence-electron chi connectivity index (χ3n) is 1.65. The Morgan fingerprint density at radius 3 is 2.50 bits per heavy atom. The number of nitrogens with two attached hydrogens (primary N) is 1. The zero-order chi connectivity index (χ0) is 8.97. The fourth-order valence-electron chi connectivity index (χ4n) is 0.972. The number of rotatable bonds is 3. The summed E-state index contributed by atoms with van der Waals surface area (Å²) in [6, 6.07) is 7.32. The summed E-state index contributed by atoms with van der Waals surface area (Å²) in [4.78, 5) is 0. The van der Waals surface area contributed by atoms with Gasteiger partial charge in [-0.25, -0.2) is 0 Å². The topological polar surface area (TPSA) is 46.2 Å². The van der Waals surface area contributed by atoms with Crippen molar-refractivity contribution in [3.63, 3.8) is 0 Å². The summed E-state index contributed by atoms with van der Waals surface area (Å²) in [5.74, 6) is 0.726. The molecule has 3 heteroatoms. The number of anilines is 1. The average molecular weight is 183 g/mol. The zero-order valence-electron chi connectivity index (χ0n) is 7.03. The number of hydrogen-bond acceptors (Lipinski definition) is 3. The van der Waals surface area contributed by atoms with Gasteiger partial charge in [-0.05, 0) is 24.0 Å². The molecule has 0 aliphatic heterocycles. The molecule has 1 unspecified atom stereocenters. The van der Waals surface area contributed by atoms with Crippen LogP contribution < -0.4 is 5.73 Å². The average Bonchev–Trinajstić information content (AvgIpc) is 2.06. The van der Waals surface area contributed by atoms with E-state index in [1.807, 2.05) is 18.4 Å². The number of nitrogen functional groups attached to an aromatic ring is 1. The molecule has 0 spiro atoms. The molecule has 1 rings (SSSR count). The fraction of sp³-hybridized carbons (Fsp3) is 0.333. The Bertz CT molecular complexity index is 235. The molecular weight excluding hydrogens is 170 g/mol. The Kier molecular flexibility index (Phi) is 3.44. The highest BCUT2D eigenvalue weighted by Crippen LogP contribution is 2.17. The van der Waals surface area contributed by atoms with E-state index >= 15 is 0 Å². The zero-order valence-corrected chi connectivity index (χ0v) is 7.84. The van der Waals surface area contributed by atoms with Crippen molar-refractivity contribution in [2.75, 3.05) is 17.7 Å². The molecule has 0 aliphatic rings. The highest BCUT2D eigenvalue weighted by atomic mass is 32.2. The maximum Gasteiger partial charge on any atom is 0.0880 e. The van der Waals surface area contributed by atoms with Crippen LogP contribution >= 0.6 is 11.8 Å². The van der Waals surface area contributed by atoms with Gasteiger partial charge in [-0.15, -0.1) is 0 Å². The minimum absolute atomic E-state index is 0.374. The Morgan fingerprint density at radius 1 is 1.42 bits per heavy atom. The molecule has 66 valence electrons. The lowest BCUT2D eigenvalue weighted by Gasteiger charge is -2.08. The van der Waals surface area contributed by atoms with E-state index in [9.17, 15) is 5.11 Å². The van der Waals surface area contributed by atoms with Crippen LogP contribution in [0.4, 0.5) is 5.69 Å². The molecular formula is C9H13NOS. The maximum absolute atomic E-state index is 9.55. The number of hydrogen-bond donors (Lipinski definition) is 2. The lowest BCUT2D eigenvalue weighted by molar-refractivity contribution is 0.204. The monoisotopic (exact) mass is 183 g/mol. The lowest BCUT2D eigenvalue weighted by atomic mass is 10.1. The van der Waals surface area contributed by atoms with E-state index in [-0.39, 0.29) is 6.10 Å². The third kappa shape index (κ3) is 2.43. The van der Waals surface area contributed by atoms with Crippen molar-refractivity contribution in [2.24, 2.45) is 0 Å². The van der Waals surface area contributed by atoms with E-state index in [4.69, 9.17) is 5.73 Å². The normalized spacial score (nSPS) is 12.8. The molecule has 0 aliphatic carbocycles. The molecule has 0 fully saturated rings. The van der Waals surface area contributed by atoms with Crippen molar-refractivity contribution >= 4 is 17.4 Å². The van der Waals surface area contributed by atoms with Crippen LogP contribution in [0.5, 0.6) is 0 Å². The minimum atomic E-state index is -0.374. The van der Waals surface area contributed by atoms with Crippen molar-refractivity contribution in [3.05, 3.63) is 29.8 Å². The van der Waals surface area contributed by atoms with Crippen molar-refractivity contribution in [3.8, 4) is 0 Å². The summed E-state index contributed by atoms with van der Waals surface area (Å²) in [6.07, 6.45) is 1.60. The van der Waals surface area contributed by atoms with Gasteiger partial charge in [-0.1, -0.05) is 12.1 Å². The molecule has 0 aromatic heterocycles. The van der Waals surface area contributed by atoms with Gasteiger partial charge in [-0.2, -0.15) is 11.8 Å². The van der Waals surface area contributed by atoms with Crippen molar-refractivity contribution in [2.45, 2.75) is 6.10 Å². The molecule has 0 radical (unpaired) electrons. The molecule has 12 heavy (non-hydrogen) atoms. The van der Waals surface area contributed by atoms with Crippen LogP contribution in [0.3, 0.4) is 0 Å². The van der Waals surface area contributed by atoms with Gasteiger partial charge in [-0.3, -0.25) is 0 Å². The van der Waals surface area contributed by atoms with Crippen molar-refractivity contribution in [1.29, 1.82) is 0 Å². The van der Waals surface area contributed by atoms with Gasteiger partial charge in [0.05, 0.1) is 6.10 Å². The fourth-order valence-corrected chi connectivity index (χ4v) is 1.48. The van der Waals surface area contributed by atoms with Gasteiger partial charge in [0, 0.05) is 11.4 Å². The van der Waals surface area contributed by atoms with E-state index in [0.717, 1.165) is 17.0 Å². The van der Waals surface area contributed by atoms with Crippen LogP contribution in [0, 0.1) is 0 Å². The summed E-state index contributed by atoms with van der Waals surface area (Å²) >= 11 is 1.63. The van der Waals surface area contributed by atoms with Crippen LogP contribution in [-0.2, 0) is 0 Å². The molecule has 1 aromatic carbocycles. The van der Waals surface area contributed by atoms with Crippen molar-refractivity contribution in [1.82, 2.24) is 0 Å². The summed E-state index contributed by atoms with van der Waals surface area (Å²) in [5.41, 5.74) is 7.17. The first-order chi connectivity index (χ1) is 5.74. The summed E-state index contributed by atoms with van der Waals surface area (Å²) < 4.78 is 0. The van der Waals surface area contributed by atoms with Crippen LogP contribution in [0.15, 0.2) is 24.3 Å². The first-order valence-electron chi connectivity index (χ1n) is 3.76. The second-order valence-electron chi connectivity index (χ2n) is 2.64. The number of thioether (sulfide) groups is 1. The number of benzene rings is 1. The molecule has 0 saturated carbocycles. The smallest absolute Gasteiger partial charge is 0.0880 e. The van der Waals surface area contributed by atoms with Crippen LogP contribution in [0.2, 0.25) is 0 Å². The molecule has 0 bridgehead atoms. The predicted molar refractivity (Wildman–Crippen MR) is 54.2 cm³/mol. The Labute approximate surface area is 76.8 Å². The van der Waals surface area contributed by atoms with Gasteiger partial charge in [0.25, 0.3) is 0 Å². The van der Waals surface area contributed by atoms with Crippen LogP contribution in [0.1, 0.15) is 11.7 Å². The van der Waals surface area contributed by atoms with E-state index in [1.54, 1.807) is 23.9 Å². The highest BCUT2D eigenvalue weighted by molar-refractivity contribution is 7.98. The Hall–Kier alpha value is -0.670. The van der Waals surface area contributed by atoms with E-state index < -0.39 is 0 Å². The minimum Gasteiger partial charge on any atom is -0.399 e. The second kappa shape index (κ2) is 4.38. The van der Waals surface area contributed by atoms with Gasteiger partial charge < -0.3 is 10.8 Å². The molecule has 0 heterocycles. The maximum atomic E-state index is 9.55. The predicted octanol–water partition coefficient (Wildman–Crippen LogP) is 1.67. The van der Waals surface area contributed by atoms with Gasteiger partial charge in [0.2, 0.25) is 0 Å². The largest absolute Gasteiger partial charge is 0.399 e. The van der Waals surface area contributed by atoms with E-state index in [1.165, 1.54) is 0 Å². The lowest BCUT2D eigenvalue weighted by Crippen LogP contribution is -1.99. The van der Waals surface area contributed by atoms with E-state index in [2.05, 4.69) is 0 Å². The molecule has 2 nitrogen and oxygen atoms in total. The standard InChI is InChI=1S/C9H13NOS/c1-12-6-9(11)7-2-4-8(10)5-3-7/h2-5,9,11H,6,10H2,1H3. The molecule has 0 amide bonds. The molecule has 1 atom stereocenters. The quantitative estimate of drug-likeness (QED) is 0.701. The summed E-state index contributed by atoms with van der Waals surface area (Å²) in [6.45, 7) is 0. The number of aliphatic hydroxyl groups is 1. The molecule has 3 N–H and O–H groups in total.